The van der Waals surface area contributed by atoms with Gasteiger partial charge in [0.25, 0.3) is 8.32 Å². The molecule has 0 spiro atoms. The Labute approximate surface area is 294 Å². The number of aliphatic carboxylic acids is 1. The van der Waals surface area contributed by atoms with Crippen molar-refractivity contribution in [3.63, 3.8) is 0 Å². The lowest BCUT2D eigenvalue weighted by Crippen LogP contribution is -2.68. The van der Waals surface area contributed by atoms with Crippen molar-refractivity contribution in [2.75, 3.05) is 0 Å². The number of hydrogen-bond acceptors (Lipinski definition) is 4. The number of allylic oxidation sites excluding steroid dienone is 3. The first-order chi connectivity index (χ1) is 23.2. The first-order valence-electron chi connectivity index (χ1n) is 17.9. The number of unbranched alkanes of at least 4 members (excludes halogenated alkanes) is 4. The largest absolute Gasteiger partial charge is 0.481 e. The average molecular weight is 685 g/mol. The monoisotopic (exact) mass is 684 g/mol. The third kappa shape index (κ3) is 10.1. The quantitative estimate of drug-likeness (QED) is 0.0605. The van der Waals surface area contributed by atoms with E-state index in [-0.39, 0.29) is 34.6 Å². The topological polar surface area (TPSA) is 66.8 Å². The number of hydrogen-bond donors (Lipinski definition) is 2. The zero-order valence-electron chi connectivity index (χ0n) is 29.3. The van der Waals surface area contributed by atoms with Gasteiger partial charge in [0.05, 0.1) is 12.2 Å². The van der Waals surface area contributed by atoms with Gasteiger partial charge in [0.2, 0.25) is 0 Å². The molecule has 0 aromatic heterocycles. The van der Waals surface area contributed by atoms with Crippen molar-refractivity contribution in [2.24, 2.45) is 11.8 Å². The van der Waals surface area contributed by atoms with Crippen LogP contribution in [-0.2, 0) is 9.22 Å². The molecule has 1 aliphatic carbocycles. The molecular weight excluding hydrogens is 629 g/mol. The highest BCUT2D eigenvalue weighted by molar-refractivity contribution is 8.00. The van der Waals surface area contributed by atoms with Crippen molar-refractivity contribution in [1.82, 2.24) is 0 Å². The molecule has 0 unspecified atom stereocenters. The van der Waals surface area contributed by atoms with Crippen LogP contribution in [0.5, 0.6) is 0 Å². The number of aliphatic hydroxyl groups is 1. The standard InChI is InChI=1S/C42H56O4SSi/c1-5-6-7-8-21-30-39(47-33-23-14-11-15-24-33)41-36(29-20-9-10-22-31-40(44)45)37(43)32-38(41)46-48(42(2,3)4,34-25-16-12-17-26-34)35-27-18-13-19-28-35/h9,11-21,23-28,30,36-39,41,43H,5-8,10,22,29,31-32H2,1-4H3,(H,44,45)/b20-9-,30-21+/t36-,37-,38-,39+,41-/m0/s1. The SMILES string of the molecule is CCCCC/C=C/[C@@H](Sc1ccccc1)[C@H]1[C@@H](C/C=C\CCCC(=O)O)[C@@H](O)C[C@@H]1O[Si](c1ccccc1)(c1ccccc1)C(C)(C)C. The second-order valence-corrected chi connectivity index (χ2v) is 19.7. The van der Waals surface area contributed by atoms with Crippen molar-refractivity contribution in [3.8, 4) is 0 Å². The lowest BCUT2D eigenvalue weighted by Gasteiger charge is -2.46. The van der Waals surface area contributed by atoms with Crippen LogP contribution >= 0.6 is 11.8 Å². The number of aliphatic hydroxyl groups excluding tert-OH is 1. The van der Waals surface area contributed by atoms with Crippen molar-refractivity contribution >= 4 is 36.4 Å². The van der Waals surface area contributed by atoms with Gasteiger partial charge in [0.15, 0.2) is 0 Å². The average Bonchev–Trinajstić information content (AvgIpc) is 3.38. The minimum atomic E-state index is -2.88. The molecule has 0 radical (unpaired) electrons. The maximum atomic E-state index is 11.9. The van der Waals surface area contributed by atoms with Gasteiger partial charge in [-0.2, -0.15) is 0 Å². The van der Waals surface area contributed by atoms with E-state index >= 15 is 0 Å². The number of thioether (sulfide) groups is 1. The van der Waals surface area contributed by atoms with Gasteiger partial charge < -0.3 is 14.6 Å². The summed E-state index contributed by atoms with van der Waals surface area (Å²) in [6.07, 6.45) is 15.8. The van der Waals surface area contributed by atoms with E-state index in [0.29, 0.717) is 12.8 Å². The molecule has 1 aliphatic rings. The van der Waals surface area contributed by atoms with Crippen LogP contribution in [0.1, 0.15) is 85.5 Å². The molecule has 5 atom stereocenters. The molecule has 3 aromatic carbocycles. The van der Waals surface area contributed by atoms with Crippen LogP contribution in [0.4, 0.5) is 0 Å². The van der Waals surface area contributed by atoms with E-state index < -0.39 is 20.4 Å². The second kappa shape index (κ2) is 18.7. The highest BCUT2D eigenvalue weighted by Gasteiger charge is 2.55. The van der Waals surface area contributed by atoms with E-state index in [1.54, 1.807) is 0 Å². The van der Waals surface area contributed by atoms with Crippen molar-refractivity contribution in [2.45, 2.75) is 113 Å². The van der Waals surface area contributed by atoms with E-state index in [1.807, 2.05) is 11.8 Å². The van der Waals surface area contributed by atoms with Gasteiger partial charge in [-0.05, 0) is 72.0 Å². The van der Waals surface area contributed by atoms with E-state index in [1.165, 1.54) is 34.5 Å². The summed E-state index contributed by atoms with van der Waals surface area (Å²) in [7, 11) is -2.88. The Morgan fingerprint density at radius 2 is 1.46 bits per heavy atom. The summed E-state index contributed by atoms with van der Waals surface area (Å²) in [6, 6.07) is 32.3. The maximum absolute atomic E-state index is 11.9. The molecular formula is C42H56O4SSi. The van der Waals surface area contributed by atoms with Gasteiger partial charge in [-0.3, -0.25) is 4.79 Å². The van der Waals surface area contributed by atoms with Gasteiger partial charge in [-0.1, -0.05) is 144 Å². The number of rotatable bonds is 18. The molecule has 4 rings (SSSR count). The van der Waals surface area contributed by atoms with Crippen LogP contribution < -0.4 is 10.4 Å². The molecule has 1 fully saturated rings. The van der Waals surface area contributed by atoms with Crippen LogP contribution in [0.3, 0.4) is 0 Å². The van der Waals surface area contributed by atoms with Crippen LogP contribution in [0.2, 0.25) is 5.04 Å². The smallest absolute Gasteiger partial charge is 0.303 e. The van der Waals surface area contributed by atoms with Crippen molar-refractivity contribution in [3.05, 3.63) is 115 Å². The number of benzene rings is 3. The van der Waals surface area contributed by atoms with Gasteiger partial charge in [0, 0.05) is 22.5 Å². The fourth-order valence-electron chi connectivity index (χ4n) is 7.30. The van der Waals surface area contributed by atoms with Crippen LogP contribution in [-0.4, -0.2) is 42.0 Å². The summed E-state index contributed by atoms with van der Waals surface area (Å²) in [6.45, 7) is 9.20. The van der Waals surface area contributed by atoms with E-state index in [2.05, 4.69) is 143 Å². The number of carboxylic acids is 1. The highest BCUT2D eigenvalue weighted by Crippen LogP contribution is 2.48. The van der Waals surface area contributed by atoms with Crippen molar-refractivity contribution in [1.29, 1.82) is 0 Å². The predicted octanol–water partition coefficient (Wildman–Crippen LogP) is 9.43. The molecule has 6 heteroatoms. The predicted molar refractivity (Wildman–Crippen MR) is 205 cm³/mol. The third-order valence-electron chi connectivity index (χ3n) is 9.67. The lowest BCUT2D eigenvalue weighted by molar-refractivity contribution is -0.137. The number of carboxylic acid groups (broad SMARTS) is 1. The molecule has 0 amide bonds. The molecule has 1 saturated carbocycles. The van der Waals surface area contributed by atoms with Crippen molar-refractivity contribution < 1.29 is 19.4 Å². The summed E-state index contributed by atoms with van der Waals surface area (Å²) in [5.74, 6) is -0.687. The maximum Gasteiger partial charge on any atom is 0.303 e. The molecule has 4 nitrogen and oxygen atoms in total. The van der Waals surface area contributed by atoms with Crippen LogP contribution in [0, 0.1) is 11.8 Å². The minimum absolute atomic E-state index is 0.00504. The fraction of sp³-hybridized carbons (Fsp3) is 0.452. The highest BCUT2D eigenvalue weighted by atomic mass is 32.2. The summed E-state index contributed by atoms with van der Waals surface area (Å²) in [5, 5.41) is 23.4. The fourth-order valence-corrected chi connectivity index (χ4v) is 13.4. The Morgan fingerprint density at radius 1 is 0.875 bits per heavy atom. The summed E-state index contributed by atoms with van der Waals surface area (Å²) >= 11 is 1.88. The Hall–Kier alpha value is -2.90. The molecule has 258 valence electrons. The summed E-state index contributed by atoms with van der Waals surface area (Å²) in [4.78, 5) is 12.3. The Morgan fingerprint density at radius 3 is 2.02 bits per heavy atom. The van der Waals surface area contributed by atoms with E-state index in [9.17, 15) is 9.90 Å². The van der Waals surface area contributed by atoms with Gasteiger partial charge in [-0.25, -0.2) is 0 Å². The third-order valence-corrected chi connectivity index (χ3v) is 16.0. The zero-order chi connectivity index (χ0) is 34.4. The van der Waals surface area contributed by atoms with Gasteiger partial charge in [-0.15, -0.1) is 11.8 Å². The van der Waals surface area contributed by atoms with Crippen LogP contribution in [0.15, 0.2) is 120 Å². The molecule has 0 saturated heterocycles. The minimum Gasteiger partial charge on any atom is -0.481 e. The zero-order valence-corrected chi connectivity index (χ0v) is 31.2. The molecule has 0 bridgehead atoms. The van der Waals surface area contributed by atoms with E-state index in [4.69, 9.17) is 9.53 Å². The summed E-state index contributed by atoms with van der Waals surface area (Å²) in [5.41, 5.74) is 0. The molecule has 48 heavy (non-hydrogen) atoms. The first kappa shape index (κ1) is 37.9. The van der Waals surface area contributed by atoms with Gasteiger partial charge >= 0.3 is 5.97 Å². The second-order valence-electron chi connectivity index (χ2n) is 14.2. The van der Waals surface area contributed by atoms with Gasteiger partial charge in [0.1, 0.15) is 0 Å². The molecule has 3 aromatic rings. The number of carbonyl (C=O) groups is 1. The molecule has 2 N–H and O–H groups in total. The summed E-state index contributed by atoms with van der Waals surface area (Å²) < 4.78 is 7.83. The first-order valence-corrected chi connectivity index (χ1v) is 20.7. The lowest BCUT2D eigenvalue weighted by atomic mass is 9.87. The normalized spacial score (nSPS) is 20.9. The Bertz CT molecular complexity index is 1380. The Balaban J connectivity index is 1.79. The molecule has 0 heterocycles. The Kier molecular flexibility index (Phi) is 14.8. The molecule has 0 aliphatic heterocycles. The van der Waals surface area contributed by atoms with E-state index in [0.717, 1.165) is 19.3 Å². The van der Waals surface area contributed by atoms with Crippen LogP contribution in [0.25, 0.3) is 0 Å².